The molecular weight excluding hydrogens is 286 g/mol. The molecule has 1 fully saturated rings. The van der Waals surface area contributed by atoms with Crippen LogP contribution in [0.15, 0.2) is 55.1 Å². The maximum atomic E-state index is 9.06. The van der Waals surface area contributed by atoms with Crippen LogP contribution in [0.2, 0.25) is 0 Å². The van der Waals surface area contributed by atoms with Crippen molar-refractivity contribution in [3.63, 3.8) is 0 Å². The fourth-order valence-corrected chi connectivity index (χ4v) is 3.10. The van der Waals surface area contributed by atoms with Crippen molar-refractivity contribution in [2.75, 3.05) is 12.4 Å². The van der Waals surface area contributed by atoms with Crippen LogP contribution in [0, 0.1) is 0 Å². The Labute approximate surface area is 138 Å². The number of hydrogen-bond donors (Lipinski definition) is 1. The normalized spacial score (nSPS) is 20.2. The van der Waals surface area contributed by atoms with Gasteiger partial charge in [-0.25, -0.2) is 0 Å². The van der Waals surface area contributed by atoms with Gasteiger partial charge in [-0.2, -0.15) is 0 Å². The lowest BCUT2D eigenvalue weighted by Crippen LogP contribution is -2.37. The number of allylic oxidation sites excluding steroid dienone is 1. The molecule has 1 aliphatic rings. The van der Waals surface area contributed by atoms with E-state index < -0.39 is 0 Å². The van der Waals surface area contributed by atoms with Gasteiger partial charge in [-0.05, 0) is 30.4 Å². The average molecular weight is 311 g/mol. The van der Waals surface area contributed by atoms with Gasteiger partial charge in [0.1, 0.15) is 6.29 Å². The lowest BCUT2D eigenvalue weighted by Gasteiger charge is -2.32. The van der Waals surface area contributed by atoms with E-state index in [0.717, 1.165) is 0 Å². The summed E-state index contributed by atoms with van der Waals surface area (Å²) in [6.07, 6.45) is 7.11. The van der Waals surface area contributed by atoms with Crippen molar-refractivity contribution in [3.8, 4) is 0 Å². The topological polar surface area (TPSA) is 38.3 Å². The molecule has 0 aliphatic heterocycles. The first-order valence-electron chi connectivity index (χ1n) is 8.13. The molecule has 0 bridgehead atoms. The number of rotatable bonds is 4. The summed E-state index contributed by atoms with van der Waals surface area (Å²) in [5.41, 5.74) is 1.23. The molecule has 0 saturated heterocycles. The van der Waals surface area contributed by atoms with E-state index in [1.54, 1.807) is 0 Å². The molecule has 0 amide bonds. The number of hydrogen-bond acceptors (Lipinski definition) is 3. The molecule has 2 atom stereocenters. The van der Waals surface area contributed by atoms with E-state index in [1.165, 1.54) is 48.2 Å². The van der Waals surface area contributed by atoms with Gasteiger partial charge in [-0.3, -0.25) is 4.79 Å². The van der Waals surface area contributed by atoms with E-state index in [9.17, 15) is 0 Å². The van der Waals surface area contributed by atoms with Gasteiger partial charge >= 0.3 is 0 Å². The molecular formula is C20H25NO2. The highest BCUT2D eigenvalue weighted by atomic mass is 16.5. The van der Waals surface area contributed by atoms with Crippen LogP contribution in [0.5, 0.6) is 0 Å². The Kier molecular flexibility index (Phi) is 6.82. The van der Waals surface area contributed by atoms with Crippen LogP contribution in [0.1, 0.15) is 25.7 Å². The minimum Gasteiger partial charge on any atom is -0.379 e. The molecule has 0 heterocycles. The van der Waals surface area contributed by atoms with E-state index >= 15 is 0 Å². The minimum atomic E-state index is 0.340. The Bertz CT molecular complexity index is 627. The molecule has 2 aromatic carbocycles. The average Bonchev–Trinajstić information content (AvgIpc) is 2.63. The van der Waals surface area contributed by atoms with Crippen LogP contribution in [0.4, 0.5) is 5.69 Å². The number of anilines is 1. The highest BCUT2D eigenvalue weighted by Crippen LogP contribution is 2.28. The molecule has 2 unspecified atom stereocenters. The zero-order chi connectivity index (χ0) is 16.5. The Hall–Kier alpha value is -2.13. The summed E-state index contributed by atoms with van der Waals surface area (Å²) in [5, 5.41) is 6.29. The summed E-state index contributed by atoms with van der Waals surface area (Å²) in [6.45, 7) is 3.11. The van der Waals surface area contributed by atoms with Gasteiger partial charge in [0.25, 0.3) is 0 Å². The summed E-state index contributed by atoms with van der Waals surface area (Å²) in [4.78, 5) is 9.06. The highest BCUT2D eigenvalue weighted by Gasteiger charge is 2.24. The van der Waals surface area contributed by atoms with Gasteiger partial charge in [0, 0.05) is 18.2 Å². The summed E-state index contributed by atoms with van der Waals surface area (Å²) >= 11 is 0. The van der Waals surface area contributed by atoms with Crippen molar-refractivity contribution in [2.24, 2.45) is 0 Å². The second-order valence-electron chi connectivity index (χ2n) is 5.71. The summed E-state index contributed by atoms with van der Waals surface area (Å²) in [7, 11) is 1.83. The van der Waals surface area contributed by atoms with Gasteiger partial charge in [0.05, 0.1) is 12.1 Å². The Morgan fingerprint density at radius 2 is 1.83 bits per heavy atom. The minimum absolute atomic E-state index is 0.340. The van der Waals surface area contributed by atoms with Crippen LogP contribution in [0.3, 0.4) is 0 Å². The van der Waals surface area contributed by atoms with E-state index in [1.807, 2.05) is 7.11 Å². The maximum absolute atomic E-state index is 9.06. The summed E-state index contributed by atoms with van der Waals surface area (Å²) in [5.74, 6) is 0. The SMILES string of the molecule is C=CC=O.COC1CCCCC1Nc1cccc2ccccc12. The Morgan fingerprint density at radius 3 is 2.57 bits per heavy atom. The van der Waals surface area contributed by atoms with Crippen LogP contribution in [-0.2, 0) is 9.53 Å². The first-order valence-corrected chi connectivity index (χ1v) is 8.13. The van der Waals surface area contributed by atoms with Gasteiger partial charge < -0.3 is 10.1 Å². The van der Waals surface area contributed by atoms with Gasteiger partial charge in [-0.15, -0.1) is 0 Å². The Balaban J connectivity index is 0.000000433. The lowest BCUT2D eigenvalue weighted by atomic mass is 9.92. The second-order valence-corrected chi connectivity index (χ2v) is 5.71. The van der Waals surface area contributed by atoms with E-state index in [2.05, 4.69) is 54.4 Å². The van der Waals surface area contributed by atoms with E-state index in [4.69, 9.17) is 9.53 Å². The van der Waals surface area contributed by atoms with Crippen molar-refractivity contribution < 1.29 is 9.53 Å². The molecule has 2 aromatic rings. The molecule has 1 aliphatic carbocycles. The van der Waals surface area contributed by atoms with Crippen molar-refractivity contribution in [1.82, 2.24) is 0 Å². The first kappa shape index (κ1) is 17.2. The molecule has 3 nitrogen and oxygen atoms in total. The number of fused-ring (bicyclic) bond motifs is 1. The fraction of sp³-hybridized carbons (Fsp3) is 0.350. The standard InChI is InChI=1S/C17H21NO.C3H4O/c1-19-17-12-5-4-10-16(17)18-15-11-6-8-13-7-2-3-9-14(13)15;1-2-3-4/h2-3,6-9,11,16-18H,4-5,10,12H2,1H3;2-3H,1H2. The van der Waals surface area contributed by atoms with E-state index in [-0.39, 0.29) is 0 Å². The second kappa shape index (κ2) is 9.11. The number of benzene rings is 2. The van der Waals surface area contributed by atoms with Crippen LogP contribution in [0.25, 0.3) is 10.8 Å². The van der Waals surface area contributed by atoms with Gasteiger partial charge in [0.2, 0.25) is 0 Å². The zero-order valence-electron chi connectivity index (χ0n) is 13.7. The smallest absolute Gasteiger partial charge is 0.142 e. The number of carbonyl (C=O) groups is 1. The predicted octanol–water partition coefficient (Wildman–Crippen LogP) is 4.58. The molecule has 122 valence electrons. The highest BCUT2D eigenvalue weighted by molar-refractivity contribution is 5.93. The number of nitrogens with one attached hydrogen (secondary N) is 1. The zero-order valence-corrected chi connectivity index (χ0v) is 13.7. The van der Waals surface area contributed by atoms with Crippen LogP contribution in [-0.4, -0.2) is 25.5 Å². The third-order valence-electron chi connectivity index (χ3n) is 4.23. The molecule has 3 heteroatoms. The number of ether oxygens (including phenoxy) is 1. The quantitative estimate of drug-likeness (QED) is 0.663. The third-order valence-corrected chi connectivity index (χ3v) is 4.23. The Morgan fingerprint density at radius 1 is 1.13 bits per heavy atom. The monoisotopic (exact) mass is 311 g/mol. The van der Waals surface area contributed by atoms with Gasteiger partial charge in [-0.1, -0.05) is 55.8 Å². The van der Waals surface area contributed by atoms with Crippen molar-refractivity contribution in [3.05, 3.63) is 55.1 Å². The third kappa shape index (κ3) is 4.67. The molecule has 0 aromatic heterocycles. The molecule has 0 spiro atoms. The van der Waals surface area contributed by atoms with Crippen LogP contribution < -0.4 is 5.32 Å². The molecule has 3 rings (SSSR count). The maximum Gasteiger partial charge on any atom is 0.142 e. The van der Waals surface area contributed by atoms with Crippen molar-refractivity contribution in [1.29, 1.82) is 0 Å². The van der Waals surface area contributed by atoms with E-state index in [0.29, 0.717) is 18.4 Å². The molecule has 0 radical (unpaired) electrons. The summed E-state index contributed by atoms with van der Waals surface area (Å²) < 4.78 is 5.63. The first-order chi connectivity index (χ1) is 11.3. The summed E-state index contributed by atoms with van der Waals surface area (Å²) in [6, 6.07) is 15.4. The number of carbonyl (C=O) groups excluding carboxylic acids is 1. The fourth-order valence-electron chi connectivity index (χ4n) is 3.10. The predicted molar refractivity (Wildman–Crippen MR) is 96.9 cm³/mol. The molecule has 1 N–H and O–H groups in total. The molecule has 1 saturated carbocycles. The van der Waals surface area contributed by atoms with Crippen molar-refractivity contribution >= 4 is 22.7 Å². The number of aldehydes is 1. The lowest BCUT2D eigenvalue weighted by molar-refractivity contribution is -0.104. The van der Waals surface area contributed by atoms with Crippen LogP contribution >= 0.6 is 0 Å². The molecule has 23 heavy (non-hydrogen) atoms. The number of methoxy groups -OCH3 is 1. The largest absolute Gasteiger partial charge is 0.379 e. The van der Waals surface area contributed by atoms with Gasteiger partial charge in [0.15, 0.2) is 0 Å². The van der Waals surface area contributed by atoms with Crippen molar-refractivity contribution in [2.45, 2.75) is 37.8 Å².